The van der Waals surface area contributed by atoms with Gasteiger partial charge in [-0.25, -0.2) is 0 Å². The second kappa shape index (κ2) is 9.43. The van der Waals surface area contributed by atoms with Gasteiger partial charge in [0.25, 0.3) is 11.8 Å². The summed E-state index contributed by atoms with van der Waals surface area (Å²) in [5, 5.41) is 6.38. The minimum atomic E-state index is -0.129. The van der Waals surface area contributed by atoms with E-state index in [-0.39, 0.29) is 30.9 Å². The molecule has 3 N–H and O–H groups in total. The Balaban J connectivity index is 2.37. The van der Waals surface area contributed by atoms with Crippen LogP contribution in [0.2, 0.25) is 5.02 Å². The van der Waals surface area contributed by atoms with E-state index in [0.717, 1.165) is 17.7 Å². The zero-order valence-electron chi connectivity index (χ0n) is 13.4. The number of quaternary nitrogens is 1. The number of likely N-dealkylation sites (N-methyl/N-ethyl adjacent to an activating group) is 1. The van der Waals surface area contributed by atoms with Crippen molar-refractivity contribution in [3.63, 3.8) is 0 Å². The van der Waals surface area contributed by atoms with Crippen molar-refractivity contribution >= 4 is 29.1 Å². The molecule has 1 atom stereocenters. The first-order valence-electron chi connectivity index (χ1n) is 7.60. The number of hydrogen-bond donors (Lipinski definition) is 3. The molecule has 0 aromatic heterocycles. The van der Waals surface area contributed by atoms with Gasteiger partial charge in [-0.15, -0.1) is 0 Å². The van der Waals surface area contributed by atoms with Crippen molar-refractivity contribution in [2.75, 3.05) is 25.5 Å². The Kier molecular flexibility index (Phi) is 7.91. The van der Waals surface area contributed by atoms with Gasteiger partial charge in [0.05, 0.1) is 7.05 Å². The minimum absolute atomic E-state index is 0.0227. The van der Waals surface area contributed by atoms with Crippen LogP contribution in [0.4, 0.5) is 5.69 Å². The van der Waals surface area contributed by atoms with Gasteiger partial charge >= 0.3 is 0 Å². The van der Waals surface area contributed by atoms with Crippen molar-refractivity contribution in [1.29, 1.82) is 0 Å². The molecule has 2 amide bonds. The Hall–Kier alpha value is -1.59. The van der Waals surface area contributed by atoms with Gasteiger partial charge in [-0.05, 0) is 37.1 Å². The van der Waals surface area contributed by atoms with Crippen LogP contribution in [-0.4, -0.2) is 38.0 Å². The van der Waals surface area contributed by atoms with Gasteiger partial charge in [0.15, 0.2) is 13.1 Å². The Bertz CT molecular complexity index is 487. The molecule has 0 aliphatic heterocycles. The lowest BCUT2D eigenvalue weighted by molar-refractivity contribution is -0.862. The number of anilines is 1. The Morgan fingerprint density at radius 1 is 1.09 bits per heavy atom. The molecule has 1 aromatic rings. The van der Waals surface area contributed by atoms with Crippen LogP contribution in [0, 0.1) is 0 Å². The average Bonchev–Trinajstić information content (AvgIpc) is 2.46. The second-order valence-electron chi connectivity index (χ2n) is 5.45. The zero-order valence-corrected chi connectivity index (χ0v) is 14.2. The maximum absolute atomic E-state index is 11.9. The van der Waals surface area contributed by atoms with Gasteiger partial charge in [0, 0.05) is 16.8 Å². The van der Waals surface area contributed by atoms with E-state index in [9.17, 15) is 9.59 Å². The van der Waals surface area contributed by atoms with Gasteiger partial charge < -0.3 is 15.5 Å². The molecule has 0 fully saturated rings. The van der Waals surface area contributed by atoms with Gasteiger partial charge in [-0.3, -0.25) is 9.59 Å². The molecule has 6 heteroatoms. The molecule has 1 rings (SSSR count). The summed E-state index contributed by atoms with van der Waals surface area (Å²) in [4.78, 5) is 24.7. The largest absolute Gasteiger partial charge is 0.349 e. The van der Waals surface area contributed by atoms with E-state index in [1.54, 1.807) is 24.3 Å². The molecule has 0 saturated heterocycles. The molecule has 22 heavy (non-hydrogen) atoms. The molecule has 122 valence electrons. The number of nitrogens with one attached hydrogen (secondary N) is 3. The van der Waals surface area contributed by atoms with Crippen molar-refractivity contribution in [3.05, 3.63) is 29.3 Å². The standard InChI is InChI=1S/C16H24ClN3O2/c1-4-13(5-2)18-15(21)10-20(3)11-16(22)19-14-8-6-12(17)7-9-14/h6-9,13H,4-5,10-11H2,1-3H3,(H,18,21)(H,19,22)/p+1. The predicted molar refractivity (Wildman–Crippen MR) is 89.2 cm³/mol. The van der Waals surface area contributed by atoms with Crippen LogP contribution in [0.3, 0.4) is 0 Å². The molecular weight excluding hydrogens is 302 g/mol. The predicted octanol–water partition coefficient (Wildman–Crippen LogP) is 1.10. The molecule has 0 bridgehead atoms. The highest BCUT2D eigenvalue weighted by Crippen LogP contribution is 2.12. The normalized spacial score (nSPS) is 12.0. The van der Waals surface area contributed by atoms with E-state index in [1.165, 1.54) is 0 Å². The molecule has 5 nitrogen and oxygen atoms in total. The van der Waals surface area contributed by atoms with E-state index in [1.807, 2.05) is 20.9 Å². The number of hydrogen-bond acceptors (Lipinski definition) is 2. The smallest absolute Gasteiger partial charge is 0.279 e. The first kappa shape index (κ1) is 18.5. The van der Waals surface area contributed by atoms with Crippen molar-refractivity contribution in [2.24, 2.45) is 0 Å². The molecule has 0 heterocycles. The summed E-state index contributed by atoms with van der Waals surface area (Å²) in [6, 6.07) is 7.14. The summed E-state index contributed by atoms with van der Waals surface area (Å²) in [6.07, 6.45) is 1.83. The fraction of sp³-hybridized carbons (Fsp3) is 0.500. The fourth-order valence-electron chi connectivity index (χ4n) is 2.12. The third kappa shape index (κ3) is 6.91. The van der Waals surface area contributed by atoms with E-state index in [0.29, 0.717) is 10.7 Å². The van der Waals surface area contributed by atoms with Crippen molar-refractivity contribution in [3.8, 4) is 0 Å². The van der Waals surface area contributed by atoms with Crippen molar-refractivity contribution in [1.82, 2.24) is 5.32 Å². The van der Waals surface area contributed by atoms with Crippen LogP contribution in [0.5, 0.6) is 0 Å². The number of benzene rings is 1. The fourth-order valence-corrected chi connectivity index (χ4v) is 2.25. The summed E-state index contributed by atoms with van der Waals surface area (Å²) in [6.45, 7) is 4.61. The molecule has 0 aliphatic carbocycles. The highest BCUT2D eigenvalue weighted by molar-refractivity contribution is 6.30. The quantitative estimate of drug-likeness (QED) is 0.670. The molecular formula is C16H25ClN3O2+. The molecule has 0 aliphatic rings. The first-order valence-corrected chi connectivity index (χ1v) is 7.98. The third-order valence-corrected chi connectivity index (χ3v) is 3.66. The van der Waals surface area contributed by atoms with Crippen LogP contribution < -0.4 is 15.5 Å². The van der Waals surface area contributed by atoms with Crippen LogP contribution in [0.15, 0.2) is 24.3 Å². The third-order valence-electron chi connectivity index (χ3n) is 3.40. The van der Waals surface area contributed by atoms with Gasteiger partial charge in [-0.1, -0.05) is 25.4 Å². The number of rotatable bonds is 8. The van der Waals surface area contributed by atoms with E-state index < -0.39 is 0 Å². The van der Waals surface area contributed by atoms with Gasteiger partial charge in [0.1, 0.15) is 0 Å². The molecule has 1 unspecified atom stereocenters. The second-order valence-corrected chi connectivity index (χ2v) is 5.88. The van der Waals surface area contributed by atoms with Crippen molar-refractivity contribution < 1.29 is 14.5 Å². The Morgan fingerprint density at radius 3 is 2.18 bits per heavy atom. The molecule has 0 spiro atoms. The van der Waals surface area contributed by atoms with E-state index in [2.05, 4.69) is 10.6 Å². The van der Waals surface area contributed by atoms with Gasteiger partial charge in [0.2, 0.25) is 0 Å². The maximum atomic E-state index is 11.9. The highest BCUT2D eigenvalue weighted by Gasteiger charge is 2.16. The van der Waals surface area contributed by atoms with Crippen LogP contribution in [0.1, 0.15) is 26.7 Å². The maximum Gasteiger partial charge on any atom is 0.279 e. The zero-order chi connectivity index (χ0) is 16.5. The molecule has 1 aromatic carbocycles. The number of halogens is 1. The summed E-state index contributed by atoms with van der Waals surface area (Å²) < 4.78 is 0. The van der Waals surface area contributed by atoms with Crippen molar-refractivity contribution in [2.45, 2.75) is 32.7 Å². The SMILES string of the molecule is CCC(CC)NC(=O)C[NH+](C)CC(=O)Nc1ccc(Cl)cc1. The van der Waals surface area contributed by atoms with Crippen LogP contribution in [0.25, 0.3) is 0 Å². The average molecular weight is 327 g/mol. The molecule has 0 radical (unpaired) electrons. The lowest BCUT2D eigenvalue weighted by Gasteiger charge is -2.17. The van der Waals surface area contributed by atoms with E-state index >= 15 is 0 Å². The molecule has 0 saturated carbocycles. The summed E-state index contributed by atoms with van der Waals surface area (Å²) >= 11 is 5.79. The summed E-state index contributed by atoms with van der Waals surface area (Å²) in [5.74, 6) is -0.152. The van der Waals surface area contributed by atoms with Crippen LogP contribution in [-0.2, 0) is 9.59 Å². The van der Waals surface area contributed by atoms with Crippen LogP contribution >= 0.6 is 11.6 Å². The lowest BCUT2D eigenvalue weighted by atomic mass is 10.2. The highest BCUT2D eigenvalue weighted by atomic mass is 35.5. The monoisotopic (exact) mass is 326 g/mol. The lowest BCUT2D eigenvalue weighted by Crippen LogP contribution is -3.11. The number of carbonyl (C=O) groups is 2. The topological polar surface area (TPSA) is 62.6 Å². The summed E-state index contributed by atoms with van der Waals surface area (Å²) in [7, 11) is 1.83. The van der Waals surface area contributed by atoms with E-state index in [4.69, 9.17) is 11.6 Å². The number of carbonyl (C=O) groups excluding carboxylic acids is 2. The number of amides is 2. The summed E-state index contributed by atoms with van der Waals surface area (Å²) in [5.41, 5.74) is 0.698. The Labute approximate surface area is 137 Å². The minimum Gasteiger partial charge on any atom is -0.349 e. The Morgan fingerprint density at radius 2 is 1.64 bits per heavy atom. The first-order chi connectivity index (χ1) is 10.4. The van der Waals surface area contributed by atoms with Gasteiger partial charge in [-0.2, -0.15) is 0 Å².